The van der Waals surface area contributed by atoms with Crippen LogP contribution in [0.5, 0.6) is 0 Å². The summed E-state index contributed by atoms with van der Waals surface area (Å²) >= 11 is 6.10. The Kier molecular flexibility index (Phi) is 13.1. The first-order valence-electron chi connectivity index (χ1n) is 19.1. The van der Waals surface area contributed by atoms with E-state index in [1.807, 2.05) is 35.2 Å². The van der Waals surface area contributed by atoms with Gasteiger partial charge in [0.1, 0.15) is 5.82 Å². The van der Waals surface area contributed by atoms with Crippen LogP contribution in [0, 0.1) is 5.41 Å². The Hall–Kier alpha value is -6.11. The fraction of sp³-hybridized carbons (Fsp3) is 0.425. The number of hydrogen-bond donors (Lipinski definition) is 2. The molecule has 16 nitrogen and oxygen atoms in total. The lowest BCUT2D eigenvalue weighted by Gasteiger charge is -2.37. The summed E-state index contributed by atoms with van der Waals surface area (Å²) in [6.45, 7) is 5.60. The second-order valence-corrected chi connectivity index (χ2v) is 15.8. The molecule has 2 fully saturated rings. The number of carbonyl (C=O) groups excluding carboxylic acids is 4. The smallest absolute Gasteiger partial charge is 0.418 e. The number of aromatic nitrogens is 4. The summed E-state index contributed by atoms with van der Waals surface area (Å²) in [5, 5.41) is 4.09. The molecule has 3 N–H and O–H groups in total. The molecule has 2 amide bonds. The molecule has 0 saturated carbocycles. The van der Waals surface area contributed by atoms with Gasteiger partial charge in [0.2, 0.25) is 6.79 Å². The number of nitrogen functional groups attached to an aromatic ring is 1. The van der Waals surface area contributed by atoms with Gasteiger partial charge in [0, 0.05) is 57.4 Å². The van der Waals surface area contributed by atoms with Gasteiger partial charge in [0.25, 0.3) is 5.91 Å². The fourth-order valence-electron chi connectivity index (χ4n) is 6.71. The van der Waals surface area contributed by atoms with Gasteiger partial charge in [-0.15, -0.1) is 5.10 Å². The number of alkyl halides is 3. The third kappa shape index (κ3) is 10.4. The van der Waals surface area contributed by atoms with E-state index >= 15 is 0 Å². The Bertz CT molecular complexity index is 2250. The average molecular weight is 857 g/mol. The van der Waals surface area contributed by atoms with Crippen LogP contribution in [0.3, 0.4) is 0 Å². The number of piperidine rings is 1. The van der Waals surface area contributed by atoms with Gasteiger partial charge < -0.3 is 34.6 Å². The summed E-state index contributed by atoms with van der Waals surface area (Å²) in [6.07, 6.45) is -5.65. The van der Waals surface area contributed by atoms with Crippen molar-refractivity contribution in [1.29, 1.82) is 0 Å². The van der Waals surface area contributed by atoms with E-state index in [9.17, 15) is 37.1 Å². The van der Waals surface area contributed by atoms with Crippen LogP contribution >= 0.6 is 11.6 Å². The predicted octanol–water partition coefficient (Wildman–Crippen LogP) is 5.33. The van der Waals surface area contributed by atoms with Crippen molar-refractivity contribution in [2.24, 2.45) is 5.41 Å². The topological polar surface area (TPSA) is 195 Å². The number of anilines is 2. The van der Waals surface area contributed by atoms with Crippen LogP contribution in [-0.4, -0.2) is 106 Å². The molecule has 6 rings (SSSR count). The lowest BCUT2D eigenvalue weighted by Crippen LogP contribution is -2.53. The van der Waals surface area contributed by atoms with Gasteiger partial charge in [-0.05, 0) is 63.4 Å². The molecule has 60 heavy (non-hydrogen) atoms. The van der Waals surface area contributed by atoms with Crippen LogP contribution in [0.4, 0.5) is 29.5 Å². The third-order valence-electron chi connectivity index (χ3n) is 10.1. The molecule has 0 radical (unpaired) electrons. The number of nitrogens with zero attached hydrogens (tertiary/aromatic N) is 6. The van der Waals surface area contributed by atoms with E-state index in [4.69, 9.17) is 31.5 Å². The standard InChI is InChI=1S/C40H44ClF3N8O8/c1-39(2,3)36(55)59-23-58-35(54)26-9-10-31(46-22-26)49-15-17-50(18-16-49)34(53)30(21-24-19-28(40(42,43)44)32(45)29(41)20-24)60-38(57)51-13-11-27(12-14-51)52-37(56)47-33(48-52)25-7-5-4-6-8-25/h4-10,19-20,22,27,30H,11-18,21,23,45H2,1-3H3,(H,47,48,56)/t30-/m1/s1. The Morgan fingerprint density at radius 2 is 1.62 bits per heavy atom. The SMILES string of the molecule is CC(C)(C)C(=O)OCOC(=O)c1ccc(N2CCN(C(=O)[C@@H](Cc3cc(Cl)c(N)c(C(F)(F)F)c3)OC(=O)N3CCC(n4nc(-c5ccccc5)[nH]c4=O)CC3)CC2)nc1. The Balaban J connectivity index is 1.10. The van der Waals surface area contributed by atoms with E-state index in [2.05, 4.69) is 15.1 Å². The highest BCUT2D eigenvalue weighted by molar-refractivity contribution is 6.33. The first-order valence-corrected chi connectivity index (χ1v) is 19.5. The van der Waals surface area contributed by atoms with E-state index in [1.165, 1.54) is 32.8 Å². The predicted molar refractivity (Wildman–Crippen MR) is 212 cm³/mol. The van der Waals surface area contributed by atoms with Crippen molar-refractivity contribution in [2.45, 2.75) is 58.4 Å². The molecule has 2 aromatic carbocycles. The summed E-state index contributed by atoms with van der Waals surface area (Å²) in [4.78, 5) is 76.7. The van der Waals surface area contributed by atoms with Gasteiger partial charge in [-0.3, -0.25) is 14.6 Å². The van der Waals surface area contributed by atoms with Gasteiger partial charge >= 0.3 is 29.9 Å². The van der Waals surface area contributed by atoms with Crippen LogP contribution in [0.15, 0.2) is 65.6 Å². The van der Waals surface area contributed by atoms with Crippen LogP contribution in [0.25, 0.3) is 11.4 Å². The minimum atomic E-state index is -4.84. The second-order valence-electron chi connectivity index (χ2n) is 15.4. The molecule has 1 atom stereocenters. The zero-order valence-corrected chi connectivity index (χ0v) is 33.8. The van der Waals surface area contributed by atoms with Crippen LogP contribution in [0.1, 0.15) is 61.1 Å². The van der Waals surface area contributed by atoms with Crippen molar-refractivity contribution < 1.29 is 46.6 Å². The third-order valence-corrected chi connectivity index (χ3v) is 10.4. The quantitative estimate of drug-likeness (QED) is 0.119. The van der Waals surface area contributed by atoms with Crippen LogP contribution < -0.4 is 16.3 Å². The molecule has 4 heterocycles. The summed E-state index contributed by atoms with van der Waals surface area (Å²) in [5.41, 5.74) is 3.47. The number of piperazine rings is 1. The van der Waals surface area contributed by atoms with Gasteiger partial charge in [-0.1, -0.05) is 41.9 Å². The number of nitrogens with one attached hydrogen (secondary N) is 1. The summed E-state index contributed by atoms with van der Waals surface area (Å²) in [6, 6.07) is 13.9. The normalized spacial score (nSPS) is 15.7. The molecule has 320 valence electrons. The molecule has 20 heteroatoms. The molecular weight excluding hydrogens is 813 g/mol. The molecule has 0 spiro atoms. The maximum Gasteiger partial charge on any atom is 0.418 e. The number of benzene rings is 2. The number of ether oxygens (including phenoxy) is 3. The maximum atomic E-state index is 14.1. The Labute approximate surface area is 347 Å². The number of pyridine rings is 1. The number of carbonyl (C=O) groups is 4. The number of halogens is 4. The number of esters is 2. The minimum Gasteiger partial charge on any atom is -0.436 e. The highest BCUT2D eigenvalue weighted by atomic mass is 35.5. The number of rotatable bonds is 10. The van der Waals surface area contributed by atoms with E-state index in [0.717, 1.165) is 11.6 Å². The zero-order valence-electron chi connectivity index (χ0n) is 33.0. The molecule has 2 aliphatic rings. The molecule has 0 aliphatic carbocycles. The molecule has 2 saturated heterocycles. The largest absolute Gasteiger partial charge is 0.436 e. The molecule has 4 aromatic rings. The monoisotopic (exact) mass is 856 g/mol. The maximum absolute atomic E-state index is 14.1. The molecule has 0 unspecified atom stereocenters. The molecular formula is C40H44ClF3N8O8. The lowest BCUT2D eigenvalue weighted by molar-refractivity contribution is -0.161. The van der Waals surface area contributed by atoms with E-state index in [-0.39, 0.29) is 61.5 Å². The van der Waals surface area contributed by atoms with Crippen molar-refractivity contribution in [3.05, 3.63) is 93.0 Å². The van der Waals surface area contributed by atoms with Crippen molar-refractivity contribution in [3.8, 4) is 11.4 Å². The van der Waals surface area contributed by atoms with Crippen LogP contribution in [-0.2, 0) is 36.4 Å². The lowest BCUT2D eigenvalue weighted by atomic mass is 9.98. The number of nitrogens with two attached hydrogens (primary N) is 1. The van der Waals surface area contributed by atoms with Gasteiger partial charge in [-0.25, -0.2) is 24.0 Å². The highest BCUT2D eigenvalue weighted by Crippen LogP contribution is 2.38. The zero-order chi connectivity index (χ0) is 43.4. The van der Waals surface area contributed by atoms with Crippen LogP contribution in [0.2, 0.25) is 5.02 Å². The summed E-state index contributed by atoms with van der Waals surface area (Å²) in [5.74, 6) is -1.00. The van der Waals surface area contributed by atoms with E-state index in [0.29, 0.717) is 24.5 Å². The summed E-state index contributed by atoms with van der Waals surface area (Å²) < 4.78 is 58.8. The van der Waals surface area contributed by atoms with Crippen molar-refractivity contribution in [2.75, 3.05) is 56.7 Å². The van der Waals surface area contributed by atoms with Gasteiger partial charge in [0.05, 0.1) is 33.3 Å². The van der Waals surface area contributed by atoms with Crippen molar-refractivity contribution in [3.63, 3.8) is 0 Å². The number of H-pyrrole nitrogens is 1. The van der Waals surface area contributed by atoms with Crippen molar-refractivity contribution >= 4 is 47.0 Å². The summed E-state index contributed by atoms with van der Waals surface area (Å²) in [7, 11) is 0. The average Bonchev–Trinajstić information content (AvgIpc) is 3.62. The van der Waals surface area contributed by atoms with Gasteiger partial charge in [-0.2, -0.15) is 13.2 Å². The number of amides is 2. The molecule has 0 bridgehead atoms. The van der Waals surface area contributed by atoms with Gasteiger partial charge in [0.15, 0.2) is 11.9 Å². The van der Waals surface area contributed by atoms with Crippen molar-refractivity contribution in [1.82, 2.24) is 29.5 Å². The number of hydrogen-bond acceptors (Lipinski definition) is 12. The number of likely N-dealkylation sites (tertiary alicyclic amines) is 1. The highest BCUT2D eigenvalue weighted by Gasteiger charge is 2.37. The Morgan fingerprint density at radius 1 is 0.933 bits per heavy atom. The first-order chi connectivity index (χ1) is 28.4. The number of aromatic amines is 1. The Morgan fingerprint density at radius 3 is 2.23 bits per heavy atom. The fourth-order valence-corrected chi connectivity index (χ4v) is 6.95. The first kappa shape index (κ1) is 43.5. The molecule has 2 aromatic heterocycles. The molecule has 2 aliphatic heterocycles. The second kappa shape index (κ2) is 18.0. The van der Waals surface area contributed by atoms with E-state index < -0.39 is 71.8 Å². The minimum absolute atomic E-state index is 0.0210. The van der Waals surface area contributed by atoms with E-state index in [1.54, 1.807) is 26.8 Å².